The summed E-state index contributed by atoms with van der Waals surface area (Å²) in [6.45, 7) is 7.28. The van der Waals surface area contributed by atoms with Gasteiger partial charge in [0.1, 0.15) is 0 Å². The van der Waals surface area contributed by atoms with Crippen molar-refractivity contribution in [1.29, 1.82) is 0 Å². The molecule has 0 aromatic heterocycles. The average Bonchev–Trinajstić information content (AvgIpc) is 2.45. The first-order valence-electron chi connectivity index (χ1n) is 7.30. The molecule has 0 spiro atoms. The van der Waals surface area contributed by atoms with Gasteiger partial charge in [-0.1, -0.05) is 13.8 Å². The van der Waals surface area contributed by atoms with Gasteiger partial charge < -0.3 is 15.4 Å². The van der Waals surface area contributed by atoms with Gasteiger partial charge in [-0.15, -0.1) is 0 Å². The minimum Gasteiger partial charge on any atom is -0.462 e. The number of hydrogen-bond acceptors (Lipinski definition) is 4. The molecule has 1 aromatic carbocycles. The molecule has 116 valence electrons. The number of carbonyl (C=O) groups excluding carboxylic acids is 2. The Bertz CT molecular complexity index is 455. The van der Waals surface area contributed by atoms with Crippen LogP contribution in [0.3, 0.4) is 0 Å². The standard InChI is InChI=1S/C16H24N2O3/c1-4-21-16(20)13-5-7-14(8-6-13)18-11-15(19)17-10-9-12(2)3/h5-8,12,18H,4,9-11H2,1-3H3,(H,17,19). The molecule has 0 fully saturated rings. The molecule has 0 aliphatic rings. The lowest BCUT2D eigenvalue weighted by atomic mass is 10.1. The summed E-state index contributed by atoms with van der Waals surface area (Å²) in [5.41, 5.74) is 1.30. The molecule has 1 rings (SSSR count). The smallest absolute Gasteiger partial charge is 0.338 e. The number of esters is 1. The molecule has 1 aromatic rings. The van der Waals surface area contributed by atoms with Crippen LogP contribution >= 0.6 is 0 Å². The fourth-order valence-corrected chi connectivity index (χ4v) is 1.68. The molecule has 0 saturated heterocycles. The highest BCUT2D eigenvalue weighted by Crippen LogP contribution is 2.10. The Hall–Kier alpha value is -2.04. The summed E-state index contributed by atoms with van der Waals surface area (Å²) in [5, 5.41) is 5.87. The average molecular weight is 292 g/mol. The summed E-state index contributed by atoms with van der Waals surface area (Å²) in [6, 6.07) is 6.87. The number of benzene rings is 1. The van der Waals surface area contributed by atoms with Gasteiger partial charge >= 0.3 is 5.97 Å². The number of nitrogens with one attached hydrogen (secondary N) is 2. The highest BCUT2D eigenvalue weighted by molar-refractivity contribution is 5.90. The number of amides is 1. The van der Waals surface area contributed by atoms with Gasteiger partial charge in [-0.2, -0.15) is 0 Å². The van der Waals surface area contributed by atoms with Crippen LogP contribution in [0.4, 0.5) is 5.69 Å². The SMILES string of the molecule is CCOC(=O)c1ccc(NCC(=O)NCCC(C)C)cc1. The van der Waals surface area contributed by atoms with Crippen LogP contribution in [0.25, 0.3) is 0 Å². The van der Waals surface area contributed by atoms with Crippen LogP contribution in [0.1, 0.15) is 37.6 Å². The Morgan fingerprint density at radius 1 is 1.19 bits per heavy atom. The van der Waals surface area contributed by atoms with Crippen LogP contribution in [0.5, 0.6) is 0 Å². The minimum absolute atomic E-state index is 0.0369. The van der Waals surface area contributed by atoms with E-state index >= 15 is 0 Å². The van der Waals surface area contributed by atoms with E-state index in [4.69, 9.17) is 4.74 Å². The second-order valence-corrected chi connectivity index (χ2v) is 5.18. The number of rotatable bonds is 8. The van der Waals surface area contributed by atoms with Crippen molar-refractivity contribution in [3.8, 4) is 0 Å². The van der Waals surface area contributed by atoms with E-state index in [-0.39, 0.29) is 18.4 Å². The van der Waals surface area contributed by atoms with Gasteiger partial charge in [0.25, 0.3) is 0 Å². The molecule has 1 amide bonds. The molecule has 0 heterocycles. The lowest BCUT2D eigenvalue weighted by Gasteiger charge is -2.09. The molecule has 0 atom stereocenters. The molecule has 5 heteroatoms. The molecular weight excluding hydrogens is 268 g/mol. The third-order valence-corrected chi connectivity index (χ3v) is 2.89. The lowest BCUT2D eigenvalue weighted by molar-refractivity contribution is -0.119. The van der Waals surface area contributed by atoms with E-state index in [9.17, 15) is 9.59 Å². The Labute approximate surface area is 126 Å². The van der Waals surface area contributed by atoms with Gasteiger partial charge in [-0.3, -0.25) is 4.79 Å². The maximum absolute atomic E-state index is 11.6. The first-order valence-corrected chi connectivity index (χ1v) is 7.30. The highest BCUT2D eigenvalue weighted by atomic mass is 16.5. The van der Waals surface area contributed by atoms with Gasteiger partial charge in [0.15, 0.2) is 0 Å². The molecule has 21 heavy (non-hydrogen) atoms. The fraction of sp³-hybridized carbons (Fsp3) is 0.500. The zero-order chi connectivity index (χ0) is 15.7. The third-order valence-electron chi connectivity index (χ3n) is 2.89. The Morgan fingerprint density at radius 3 is 2.43 bits per heavy atom. The Morgan fingerprint density at radius 2 is 1.86 bits per heavy atom. The molecule has 0 radical (unpaired) electrons. The maximum Gasteiger partial charge on any atom is 0.338 e. The van der Waals surface area contributed by atoms with E-state index < -0.39 is 0 Å². The Balaban J connectivity index is 2.35. The highest BCUT2D eigenvalue weighted by Gasteiger charge is 2.06. The van der Waals surface area contributed by atoms with Crippen LogP contribution in [-0.4, -0.2) is 31.6 Å². The third kappa shape index (κ3) is 6.79. The molecule has 0 aliphatic carbocycles. The summed E-state index contributed by atoms with van der Waals surface area (Å²) in [7, 11) is 0. The van der Waals surface area contributed by atoms with Crippen molar-refractivity contribution in [2.75, 3.05) is 25.0 Å². The van der Waals surface area contributed by atoms with Gasteiger partial charge in [-0.25, -0.2) is 4.79 Å². The molecule has 2 N–H and O–H groups in total. The molecule has 5 nitrogen and oxygen atoms in total. The zero-order valence-corrected chi connectivity index (χ0v) is 12.9. The van der Waals surface area contributed by atoms with Crippen molar-refractivity contribution in [1.82, 2.24) is 5.32 Å². The summed E-state index contributed by atoms with van der Waals surface area (Å²) in [4.78, 5) is 23.1. The van der Waals surface area contributed by atoms with Crippen molar-refractivity contribution < 1.29 is 14.3 Å². The summed E-state index contributed by atoms with van der Waals surface area (Å²) in [6.07, 6.45) is 0.972. The fourth-order valence-electron chi connectivity index (χ4n) is 1.68. The van der Waals surface area contributed by atoms with E-state index in [1.807, 2.05) is 0 Å². The lowest BCUT2D eigenvalue weighted by Crippen LogP contribution is -2.31. The molecule has 0 aliphatic heterocycles. The monoisotopic (exact) mass is 292 g/mol. The minimum atomic E-state index is -0.338. The summed E-state index contributed by atoms with van der Waals surface area (Å²) >= 11 is 0. The molecular formula is C16H24N2O3. The first-order chi connectivity index (χ1) is 10.0. The number of hydrogen-bond donors (Lipinski definition) is 2. The predicted octanol–water partition coefficient (Wildman–Crippen LogP) is 2.44. The molecule has 0 saturated carbocycles. The van der Waals surface area contributed by atoms with Gasteiger partial charge in [0, 0.05) is 12.2 Å². The van der Waals surface area contributed by atoms with Crippen LogP contribution in [-0.2, 0) is 9.53 Å². The second-order valence-electron chi connectivity index (χ2n) is 5.18. The van der Waals surface area contributed by atoms with Crippen LogP contribution in [0.15, 0.2) is 24.3 Å². The Kier molecular flexibility index (Phi) is 7.29. The number of carbonyl (C=O) groups is 2. The van der Waals surface area contributed by atoms with E-state index in [1.54, 1.807) is 31.2 Å². The van der Waals surface area contributed by atoms with E-state index in [0.29, 0.717) is 24.6 Å². The van der Waals surface area contributed by atoms with E-state index in [2.05, 4.69) is 24.5 Å². The normalized spacial score (nSPS) is 10.3. The van der Waals surface area contributed by atoms with Crippen LogP contribution in [0.2, 0.25) is 0 Å². The molecule has 0 unspecified atom stereocenters. The largest absolute Gasteiger partial charge is 0.462 e. The van der Waals surface area contributed by atoms with Crippen LogP contribution in [0, 0.1) is 5.92 Å². The topological polar surface area (TPSA) is 67.4 Å². The van der Waals surface area contributed by atoms with Crippen molar-refractivity contribution in [3.63, 3.8) is 0 Å². The number of ether oxygens (including phenoxy) is 1. The van der Waals surface area contributed by atoms with Gasteiger partial charge in [0.05, 0.1) is 18.7 Å². The zero-order valence-electron chi connectivity index (χ0n) is 12.9. The van der Waals surface area contributed by atoms with Crippen molar-refractivity contribution in [2.45, 2.75) is 27.2 Å². The number of anilines is 1. The second kappa shape index (κ2) is 9.00. The van der Waals surface area contributed by atoms with Crippen molar-refractivity contribution in [3.05, 3.63) is 29.8 Å². The van der Waals surface area contributed by atoms with Gasteiger partial charge in [0.2, 0.25) is 5.91 Å². The summed E-state index contributed by atoms with van der Waals surface area (Å²) < 4.78 is 4.91. The first kappa shape index (κ1) is 17.0. The maximum atomic E-state index is 11.6. The quantitative estimate of drug-likeness (QED) is 0.722. The van der Waals surface area contributed by atoms with E-state index in [1.165, 1.54) is 0 Å². The van der Waals surface area contributed by atoms with Crippen molar-refractivity contribution in [2.24, 2.45) is 5.92 Å². The van der Waals surface area contributed by atoms with E-state index in [0.717, 1.165) is 12.1 Å². The van der Waals surface area contributed by atoms with Crippen molar-refractivity contribution >= 4 is 17.6 Å². The molecule has 0 bridgehead atoms. The van der Waals surface area contributed by atoms with Crippen LogP contribution < -0.4 is 10.6 Å². The predicted molar refractivity (Wildman–Crippen MR) is 83.4 cm³/mol. The summed E-state index contributed by atoms with van der Waals surface area (Å²) in [5.74, 6) is 0.203. The van der Waals surface area contributed by atoms with Gasteiger partial charge in [-0.05, 0) is 43.5 Å².